The number of amides is 1. The fourth-order valence-corrected chi connectivity index (χ4v) is 3.35. The van der Waals surface area contributed by atoms with Gasteiger partial charge in [0.25, 0.3) is 0 Å². The summed E-state index contributed by atoms with van der Waals surface area (Å²) in [5, 5.41) is 11.8. The van der Waals surface area contributed by atoms with E-state index in [0.29, 0.717) is 22.1 Å². The van der Waals surface area contributed by atoms with Crippen molar-refractivity contribution in [1.82, 2.24) is 19.9 Å². The number of H-pyrrole nitrogens is 1. The Morgan fingerprint density at radius 1 is 1.20 bits per heavy atom. The highest BCUT2D eigenvalue weighted by molar-refractivity contribution is 6.30. The number of halogens is 1. The number of carbonyl (C=O) groups is 1. The summed E-state index contributed by atoms with van der Waals surface area (Å²) in [6.07, 6.45) is 0.177. The Labute approximate surface area is 176 Å². The molecule has 0 saturated carbocycles. The van der Waals surface area contributed by atoms with E-state index in [2.05, 4.69) is 25.1 Å². The molecule has 9 heteroatoms. The topological polar surface area (TPSA) is 106 Å². The van der Waals surface area contributed by atoms with Crippen LogP contribution >= 0.6 is 11.6 Å². The van der Waals surface area contributed by atoms with Crippen LogP contribution in [0.3, 0.4) is 0 Å². The van der Waals surface area contributed by atoms with Gasteiger partial charge in [0, 0.05) is 27.5 Å². The van der Waals surface area contributed by atoms with Gasteiger partial charge < -0.3 is 5.32 Å². The van der Waals surface area contributed by atoms with Crippen molar-refractivity contribution in [3.05, 3.63) is 81.1 Å². The Kier molecular flexibility index (Phi) is 5.24. The first-order valence-electron chi connectivity index (χ1n) is 9.18. The summed E-state index contributed by atoms with van der Waals surface area (Å²) in [5.74, 6) is -0.516. The number of aromatic amines is 1. The van der Waals surface area contributed by atoms with E-state index in [1.165, 1.54) is 0 Å². The molecule has 30 heavy (non-hydrogen) atoms. The Morgan fingerprint density at radius 3 is 2.67 bits per heavy atom. The SMILES string of the molecule is Cc1nn(-c2ccc(Cl)cc2)c(C)c1CC(=O)Nc1cccc(-c2noc(=O)[nH]2)c1. The summed E-state index contributed by atoms with van der Waals surface area (Å²) < 4.78 is 6.33. The lowest BCUT2D eigenvalue weighted by Crippen LogP contribution is -2.15. The molecule has 0 unspecified atom stereocenters. The maximum Gasteiger partial charge on any atom is 0.439 e. The summed E-state index contributed by atoms with van der Waals surface area (Å²) in [7, 11) is 0. The van der Waals surface area contributed by atoms with E-state index in [9.17, 15) is 9.59 Å². The van der Waals surface area contributed by atoms with E-state index in [4.69, 9.17) is 11.6 Å². The van der Waals surface area contributed by atoms with E-state index in [-0.39, 0.29) is 12.3 Å². The maximum atomic E-state index is 12.7. The van der Waals surface area contributed by atoms with Crippen molar-refractivity contribution in [3.8, 4) is 17.1 Å². The molecule has 4 aromatic rings. The fourth-order valence-electron chi connectivity index (χ4n) is 3.23. The molecular weight excluding hydrogens is 406 g/mol. The molecule has 0 saturated heterocycles. The molecule has 8 nitrogen and oxygen atoms in total. The van der Waals surface area contributed by atoms with Gasteiger partial charge in [0.15, 0.2) is 5.82 Å². The third-order valence-electron chi connectivity index (χ3n) is 4.71. The number of carbonyl (C=O) groups excluding carboxylic acids is 1. The molecular formula is C21H18ClN5O3. The number of benzene rings is 2. The quantitative estimate of drug-likeness (QED) is 0.509. The summed E-state index contributed by atoms with van der Waals surface area (Å²) >= 11 is 5.96. The summed E-state index contributed by atoms with van der Waals surface area (Å²) in [4.78, 5) is 26.3. The molecule has 4 rings (SSSR count). The normalized spacial score (nSPS) is 10.9. The average molecular weight is 424 g/mol. The van der Waals surface area contributed by atoms with Crippen molar-refractivity contribution in [2.75, 3.05) is 5.32 Å². The summed E-state index contributed by atoms with van der Waals surface area (Å²) in [5.41, 5.74) is 4.62. The van der Waals surface area contributed by atoms with Crippen LogP contribution < -0.4 is 11.1 Å². The lowest BCUT2D eigenvalue weighted by atomic mass is 10.1. The first-order valence-corrected chi connectivity index (χ1v) is 9.56. The molecule has 0 atom stereocenters. The van der Waals surface area contributed by atoms with E-state index in [0.717, 1.165) is 22.6 Å². The monoisotopic (exact) mass is 423 g/mol. The minimum atomic E-state index is -0.636. The molecule has 2 aromatic heterocycles. The molecule has 0 bridgehead atoms. The standard InChI is InChI=1S/C21H18ClN5O3/c1-12-18(13(2)27(25-12)17-8-6-15(22)7-9-17)11-19(28)23-16-5-3-4-14(10-16)20-24-21(29)30-26-20/h3-10H,11H2,1-2H3,(H,23,28)(H,24,26,29). The van der Waals surface area contributed by atoms with Crippen molar-refractivity contribution < 1.29 is 9.32 Å². The number of anilines is 1. The van der Waals surface area contributed by atoms with Crippen molar-refractivity contribution in [2.45, 2.75) is 20.3 Å². The van der Waals surface area contributed by atoms with Gasteiger partial charge in [-0.15, -0.1) is 0 Å². The Hall–Kier alpha value is -3.65. The smallest absolute Gasteiger partial charge is 0.326 e. The minimum Gasteiger partial charge on any atom is -0.326 e. The number of aryl methyl sites for hydroxylation is 1. The van der Waals surface area contributed by atoms with Gasteiger partial charge >= 0.3 is 5.76 Å². The number of rotatable bonds is 5. The molecule has 0 radical (unpaired) electrons. The number of nitrogens with zero attached hydrogens (tertiary/aromatic N) is 3. The van der Waals surface area contributed by atoms with Gasteiger partial charge in [-0.3, -0.25) is 14.3 Å². The molecule has 1 amide bonds. The highest BCUT2D eigenvalue weighted by Gasteiger charge is 2.16. The van der Waals surface area contributed by atoms with E-state index >= 15 is 0 Å². The lowest BCUT2D eigenvalue weighted by Gasteiger charge is -2.08. The zero-order valence-corrected chi connectivity index (χ0v) is 17.0. The van der Waals surface area contributed by atoms with Crippen LogP contribution in [0.15, 0.2) is 57.8 Å². The molecule has 0 fully saturated rings. The van der Waals surface area contributed by atoms with Crippen molar-refractivity contribution in [1.29, 1.82) is 0 Å². The lowest BCUT2D eigenvalue weighted by molar-refractivity contribution is -0.115. The van der Waals surface area contributed by atoms with Gasteiger partial charge in [0.1, 0.15) is 0 Å². The molecule has 2 heterocycles. The van der Waals surface area contributed by atoms with Gasteiger partial charge in [0.05, 0.1) is 17.8 Å². The zero-order valence-electron chi connectivity index (χ0n) is 16.3. The Morgan fingerprint density at radius 2 is 1.97 bits per heavy atom. The van der Waals surface area contributed by atoms with Gasteiger partial charge in [-0.1, -0.05) is 28.9 Å². The van der Waals surface area contributed by atoms with Crippen LogP contribution in [0.4, 0.5) is 5.69 Å². The average Bonchev–Trinajstić information content (AvgIpc) is 3.27. The summed E-state index contributed by atoms with van der Waals surface area (Å²) in [6.45, 7) is 3.81. The minimum absolute atomic E-state index is 0.177. The van der Waals surface area contributed by atoms with E-state index < -0.39 is 5.76 Å². The Bertz CT molecular complexity index is 1270. The van der Waals surface area contributed by atoms with Crippen molar-refractivity contribution in [3.63, 3.8) is 0 Å². The third-order valence-corrected chi connectivity index (χ3v) is 4.96. The van der Waals surface area contributed by atoms with Crippen LogP contribution in [-0.4, -0.2) is 25.8 Å². The third kappa shape index (κ3) is 4.04. The highest BCUT2D eigenvalue weighted by Crippen LogP contribution is 2.22. The molecule has 0 aliphatic carbocycles. The van der Waals surface area contributed by atoms with Crippen LogP contribution in [0.5, 0.6) is 0 Å². The van der Waals surface area contributed by atoms with E-state index in [1.54, 1.807) is 41.1 Å². The maximum absolute atomic E-state index is 12.7. The van der Waals surface area contributed by atoms with Crippen LogP contribution in [0.25, 0.3) is 17.1 Å². The number of hydrogen-bond acceptors (Lipinski definition) is 5. The van der Waals surface area contributed by atoms with Gasteiger partial charge in [0.2, 0.25) is 5.91 Å². The second-order valence-electron chi connectivity index (χ2n) is 6.79. The second kappa shape index (κ2) is 8.00. The first kappa shape index (κ1) is 19.7. The van der Waals surface area contributed by atoms with Crippen LogP contribution in [0, 0.1) is 13.8 Å². The van der Waals surface area contributed by atoms with Gasteiger partial charge in [-0.05, 0) is 50.2 Å². The van der Waals surface area contributed by atoms with Crippen LogP contribution in [-0.2, 0) is 11.2 Å². The van der Waals surface area contributed by atoms with Crippen LogP contribution in [0.1, 0.15) is 17.0 Å². The predicted molar refractivity (Wildman–Crippen MR) is 113 cm³/mol. The zero-order chi connectivity index (χ0) is 21.3. The van der Waals surface area contributed by atoms with Crippen molar-refractivity contribution in [2.24, 2.45) is 0 Å². The second-order valence-corrected chi connectivity index (χ2v) is 7.22. The molecule has 2 aromatic carbocycles. The van der Waals surface area contributed by atoms with Gasteiger partial charge in [-0.2, -0.15) is 5.10 Å². The molecule has 0 spiro atoms. The Balaban J connectivity index is 1.52. The first-order chi connectivity index (χ1) is 14.4. The predicted octanol–water partition coefficient (Wildman–Crippen LogP) is 3.67. The number of aromatic nitrogens is 4. The molecule has 152 valence electrons. The van der Waals surface area contributed by atoms with Gasteiger partial charge in [-0.25, -0.2) is 9.48 Å². The summed E-state index contributed by atoms with van der Waals surface area (Å²) in [6, 6.07) is 14.3. The highest BCUT2D eigenvalue weighted by atomic mass is 35.5. The molecule has 2 N–H and O–H groups in total. The fraction of sp³-hybridized carbons (Fsp3) is 0.143. The molecule has 0 aliphatic heterocycles. The molecule has 0 aliphatic rings. The van der Waals surface area contributed by atoms with Crippen molar-refractivity contribution >= 4 is 23.2 Å². The van der Waals surface area contributed by atoms with Crippen LogP contribution in [0.2, 0.25) is 5.02 Å². The number of nitrogens with one attached hydrogen (secondary N) is 2. The van der Waals surface area contributed by atoms with E-state index in [1.807, 2.05) is 26.0 Å². The number of hydrogen-bond donors (Lipinski definition) is 2. The largest absolute Gasteiger partial charge is 0.439 e.